The Morgan fingerprint density at radius 3 is 2.60 bits per heavy atom. The van der Waals surface area contributed by atoms with E-state index in [1.807, 2.05) is 27.8 Å². The first-order valence-electron chi connectivity index (χ1n) is 14.8. The summed E-state index contributed by atoms with van der Waals surface area (Å²) in [6, 6.07) is 3.00. The summed E-state index contributed by atoms with van der Waals surface area (Å²) < 4.78 is 35.0. The summed E-state index contributed by atoms with van der Waals surface area (Å²) in [6.07, 6.45) is 2.00. The van der Waals surface area contributed by atoms with E-state index in [1.165, 1.54) is 0 Å². The van der Waals surface area contributed by atoms with Gasteiger partial charge in [-0.2, -0.15) is 5.26 Å². The molecule has 1 N–H and O–H groups in total. The van der Waals surface area contributed by atoms with Crippen LogP contribution in [0.3, 0.4) is 0 Å². The van der Waals surface area contributed by atoms with E-state index in [0.717, 1.165) is 22.3 Å². The number of hydrogen-bond acceptors (Lipinski definition) is 11. The standard InChI is InChI=1S/C32H39N3O8/c1-7-8-24(36)40-13-23-26-19(28(37)17(3)30-32(26)43-15-42-30)11-21-27-25-18(10-20(34(27)4)22(12-33)35(21)23)9-16(2)29(39-6)31(25)41-14-38-5/h9,20-23,27,37H,7-8,10-11,13-15H2,1-6H3/t20-,21?,22-,23-,27-/m0/s1. The maximum absolute atomic E-state index is 12.7. The molecule has 2 aromatic rings. The predicted molar refractivity (Wildman–Crippen MR) is 155 cm³/mol. The molecule has 4 heterocycles. The zero-order valence-corrected chi connectivity index (χ0v) is 25.6. The van der Waals surface area contributed by atoms with E-state index in [-0.39, 0.29) is 50.0 Å². The Kier molecular flexibility index (Phi) is 7.79. The molecule has 1 fully saturated rings. The van der Waals surface area contributed by atoms with Crippen LogP contribution in [0.2, 0.25) is 0 Å². The molecule has 4 aliphatic heterocycles. The number of methoxy groups -OCH3 is 2. The van der Waals surface area contributed by atoms with Crippen molar-refractivity contribution in [2.45, 2.75) is 76.7 Å². The van der Waals surface area contributed by atoms with Crippen molar-refractivity contribution in [1.29, 1.82) is 5.26 Å². The third-order valence-electron chi connectivity index (χ3n) is 9.45. The summed E-state index contributed by atoms with van der Waals surface area (Å²) in [6.45, 7) is 5.81. The highest BCUT2D eigenvalue weighted by Gasteiger charge is 2.57. The number of phenolic OH excluding ortho intramolecular Hbond substituents is 1. The van der Waals surface area contributed by atoms with Crippen LogP contribution < -0.4 is 18.9 Å². The molecular formula is C32H39N3O8. The minimum atomic E-state index is -0.544. The van der Waals surface area contributed by atoms with Gasteiger partial charge in [-0.1, -0.05) is 13.0 Å². The molecular weight excluding hydrogens is 554 g/mol. The number of fused-ring (bicyclic) bond motifs is 9. The molecule has 0 saturated carbocycles. The van der Waals surface area contributed by atoms with Gasteiger partial charge >= 0.3 is 5.97 Å². The normalized spacial score (nSPS) is 25.3. The Hall–Kier alpha value is -3.72. The minimum absolute atomic E-state index is 0.0130. The second-order valence-corrected chi connectivity index (χ2v) is 11.7. The third kappa shape index (κ3) is 4.46. The van der Waals surface area contributed by atoms with E-state index in [9.17, 15) is 15.2 Å². The summed E-state index contributed by atoms with van der Waals surface area (Å²) in [5.74, 6) is 2.12. The van der Waals surface area contributed by atoms with Gasteiger partial charge < -0.3 is 33.5 Å². The topological polar surface area (TPSA) is 123 Å². The summed E-state index contributed by atoms with van der Waals surface area (Å²) in [5.41, 5.74) is 5.05. The van der Waals surface area contributed by atoms with Crippen molar-refractivity contribution in [3.63, 3.8) is 0 Å². The highest BCUT2D eigenvalue weighted by molar-refractivity contribution is 5.70. The van der Waals surface area contributed by atoms with E-state index < -0.39 is 12.1 Å². The first kappa shape index (κ1) is 29.4. The molecule has 6 rings (SSSR count). The number of rotatable bonds is 8. The van der Waals surface area contributed by atoms with Gasteiger partial charge in [-0.15, -0.1) is 0 Å². The maximum atomic E-state index is 12.7. The summed E-state index contributed by atoms with van der Waals surface area (Å²) in [4.78, 5) is 17.1. The van der Waals surface area contributed by atoms with E-state index in [4.69, 9.17) is 28.4 Å². The zero-order chi connectivity index (χ0) is 30.6. The summed E-state index contributed by atoms with van der Waals surface area (Å²) in [7, 11) is 5.25. The number of piperazine rings is 1. The number of likely N-dealkylation sites (N-methyl/N-ethyl adjacent to an activating group) is 1. The van der Waals surface area contributed by atoms with Gasteiger partial charge in [0.05, 0.1) is 25.3 Å². The van der Waals surface area contributed by atoms with Crippen LogP contribution in [0.15, 0.2) is 6.07 Å². The van der Waals surface area contributed by atoms with Crippen LogP contribution in [-0.4, -0.2) is 80.5 Å². The van der Waals surface area contributed by atoms with Gasteiger partial charge in [0.25, 0.3) is 0 Å². The zero-order valence-electron chi connectivity index (χ0n) is 25.6. The number of aromatic hydroxyl groups is 1. The number of nitriles is 1. The number of ether oxygens (including phenoxy) is 6. The molecule has 0 aromatic heterocycles. The molecule has 0 aliphatic carbocycles. The van der Waals surface area contributed by atoms with Crippen molar-refractivity contribution in [2.24, 2.45) is 0 Å². The number of carbonyl (C=O) groups is 1. The van der Waals surface area contributed by atoms with Gasteiger partial charge in [-0.3, -0.25) is 14.6 Å². The lowest BCUT2D eigenvalue weighted by Crippen LogP contribution is -2.68. The van der Waals surface area contributed by atoms with Crippen LogP contribution >= 0.6 is 0 Å². The lowest BCUT2D eigenvalue weighted by atomic mass is 9.71. The first-order chi connectivity index (χ1) is 20.8. The van der Waals surface area contributed by atoms with Crippen molar-refractivity contribution in [2.75, 3.05) is 41.5 Å². The molecule has 43 heavy (non-hydrogen) atoms. The Morgan fingerprint density at radius 2 is 1.91 bits per heavy atom. The highest BCUT2D eigenvalue weighted by Crippen LogP contribution is 2.58. The summed E-state index contributed by atoms with van der Waals surface area (Å²) in [5, 5.41) is 22.3. The second kappa shape index (κ2) is 11.4. The fraction of sp³-hybridized carbons (Fsp3) is 0.562. The van der Waals surface area contributed by atoms with E-state index in [0.29, 0.717) is 59.8 Å². The number of aryl methyl sites for hydroxylation is 1. The van der Waals surface area contributed by atoms with Crippen molar-refractivity contribution in [1.82, 2.24) is 9.80 Å². The molecule has 2 aromatic carbocycles. The van der Waals surface area contributed by atoms with Gasteiger partial charge in [0.2, 0.25) is 6.79 Å². The van der Waals surface area contributed by atoms with Crippen molar-refractivity contribution < 1.29 is 38.3 Å². The van der Waals surface area contributed by atoms with Crippen LogP contribution in [0.25, 0.3) is 0 Å². The van der Waals surface area contributed by atoms with Gasteiger partial charge in [-0.25, -0.2) is 0 Å². The number of benzene rings is 2. The van der Waals surface area contributed by atoms with Crippen LogP contribution in [0.5, 0.6) is 28.7 Å². The fourth-order valence-electron chi connectivity index (χ4n) is 7.69. The van der Waals surface area contributed by atoms with E-state index in [2.05, 4.69) is 21.9 Å². The molecule has 230 valence electrons. The average Bonchev–Trinajstić information content (AvgIpc) is 3.48. The molecule has 5 atom stereocenters. The SMILES string of the molecule is CCCC(=O)OC[C@H]1c2c(c(O)c(C)c3c2OCO3)CC2[C@H]3c4c(cc(C)c(OC)c4OCOC)C[C@@H]([C@H](C#N)N21)N3C. The molecule has 1 saturated heterocycles. The second-order valence-electron chi connectivity index (χ2n) is 11.7. The Morgan fingerprint density at radius 1 is 1.14 bits per heavy atom. The van der Waals surface area contributed by atoms with Crippen LogP contribution in [0, 0.1) is 25.2 Å². The molecule has 0 radical (unpaired) electrons. The Balaban J connectivity index is 1.57. The average molecular weight is 594 g/mol. The van der Waals surface area contributed by atoms with Crippen LogP contribution in [0.1, 0.15) is 65.2 Å². The van der Waals surface area contributed by atoms with Crippen LogP contribution in [0.4, 0.5) is 0 Å². The molecule has 11 heteroatoms. The first-order valence-corrected chi connectivity index (χ1v) is 14.8. The lowest BCUT2D eigenvalue weighted by Gasteiger charge is -2.59. The van der Waals surface area contributed by atoms with Gasteiger partial charge in [-0.05, 0) is 51.3 Å². The fourth-order valence-corrected chi connectivity index (χ4v) is 7.69. The summed E-state index contributed by atoms with van der Waals surface area (Å²) >= 11 is 0. The molecule has 11 nitrogen and oxygen atoms in total. The molecule has 0 amide bonds. The largest absolute Gasteiger partial charge is 0.507 e. The number of phenols is 1. The van der Waals surface area contributed by atoms with Crippen LogP contribution in [-0.2, 0) is 27.1 Å². The quantitative estimate of drug-likeness (QED) is 0.355. The Bertz CT molecular complexity index is 1490. The van der Waals surface area contributed by atoms with Crippen molar-refractivity contribution in [3.05, 3.63) is 39.4 Å². The number of nitrogens with zero attached hydrogens (tertiary/aromatic N) is 3. The maximum Gasteiger partial charge on any atom is 0.305 e. The molecule has 1 unspecified atom stereocenters. The van der Waals surface area contributed by atoms with Crippen molar-refractivity contribution in [3.8, 4) is 34.8 Å². The van der Waals surface area contributed by atoms with Crippen molar-refractivity contribution >= 4 is 5.97 Å². The predicted octanol–water partition coefficient (Wildman–Crippen LogP) is 3.84. The minimum Gasteiger partial charge on any atom is -0.507 e. The number of hydrogen-bond donors (Lipinski definition) is 1. The molecule has 4 aliphatic rings. The monoisotopic (exact) mass is 593 g/mol. The van der Waals surface area contributed by atoms with E-state index in [1.54, 1.807) is 14.2 Å². The smallest absolute Gasteiger partial charge is 0.305 e. The van der Waals surface area contributed by atoms with Gasteiger partial charge in [0.1, 0.15) is 18.4 Å². The van der Waals surface area contributed by atoms with Gasteiger partial charge in [0, 0.05) is 47.9 Å². The third-order valence-corrected chi connectivity index (χ3v) is 9.45. The highest BCUT2D eigenvalue weighted by atomic mass is 16.7. The molecule has 0 spiro atoms. The number of carbonyl (C=O) groups excluding carboxylic acids is 1. The van der Waals surface area contributed by atoms with Gasteiger partial charge in [0.15, 0.2) is 29.8 Å². The molecule has 2 bridgehead atoms. The lowest BCUT2D eigenvalue weighted by molar-refractivity contribution is -0.149. The van der Waals surface area contributed by atoms with E-state index >= 15 is 0 Å². The Labute approximate surface area is 251 Å². The number of esters is 1.